The molecule has 96 valence electrons. The van der Waals surface area contributed by atoms with Gasteiger partial charge in [-0.1, -0.05) is 18.2 Å². The van der Waals surface area contributed by atoms with Crippen molar-refractivity contribution in [2.75, 3.05) is 0 Å². The molecule has 1 atom stereocenters. The van der Waals surface area contributed by atoms with Crippen LogP contribution in [-0.2, 0) is 12.6 Å². The lowest BCUT2D eigenvalue weighted by molar-refractivity contribution is -0.137. The third-order valence-electron chi connectivity index (χ3n) is 2.68. The van der Waals surface area contributed by atoms with Gasteiger partial charge in [-0.05, 0) is 40.4 Å². The maximum atomic E-state index is 12.5. The van der Waals surface area contributed by atoms with Crippen molar-refractivity contribution in [3.63, 3.8) is 0 Å². The van der Waals surface area contributed by atoms with Crippen LogP contribution in [0.5, 0.6) is 0 Å². The molecule has 1 aromatic carbocycles. The van der Waals surface area contributed by atoms with Crippen LogP contribution in [0.15, 0.2) is 41.1 Å². The second-order valence-corrected chi connectivity index (χ2v) is 4.85. The topological polar surface area (TPSA) is 26.0 Å². The van der Waals surface area contributed by atoms with Crippen LogP contribution in [0.4, 0.5) is 13.2 Å². The Morgan fingerprint density at radius 3 is 2.61 bits per heavy atom. The molecule has 0 spiro atoms. The van der Waals surface area contributed by atoms with Gasteiger partial charge in [0.1, 0.15) is 0 Å². The van der Waals surface area contributed by atoms with Gasteiger partial charge in [-0.3, -0.25) is 0 Å². The zero-order valence-corrected chi connectivity index (χ0v) is 10.3. The molecule has 2 rings (SSSR count). The minimum absolute atomic E-state index is 0.264. The number of rotatable bonds is 3. The molecule has 0 aliphatic rings. The van der Waals surface area contributed by atoms with E-state index in [1.165, 1.54) is 17.4 Å². The second-order valence-electron chi connectivity index (χ2n) is 4.07. The Bertz CT molecular complexity index is 505. The Labute approximate surface area is 107 Å². The van der Waals surface area contributed by atoms with Gasteiger partial charge in [0, 0.05) is 6.04 Å². The molecule has 0 fully saturated rings. The molecule has 0 aliphatic heterocycles. The highest BCUT2D eigenvalue weighted by molar-refractivity contribution is 7.07. The normalized spacial score (nSPS) is 13.6. The molecule has 1 aromatic heterocycles. The van der Waals surface area contributed by atoms with Crippen molar-refractivity contribution < 1.29 is 13.2 Å². The average molecular weight is 271 g/mol. The highest BCUT2D eigenvalue weighted by atomic mass is 32.1. The third-order valence-corrected chi connectivity index (χ3v) is 3.38. The first-order valence-electron chi connectivity index (χ1n) is 5.40. The Morgan fingerprint density at radius 2 is 2.00 bits per heavy atom. The molecule has 1 nitrogen and oxygen atoms in total. The van der Waals surface area contributed by atoms with E-state index in [2.05, 4.69) is 0 Å². The van der Waals surface area contributed by atoms with Crippen molar-refractivity contribution >= 4 is 11.3 Å². The van der Waals surface area contributed by atoms with Gasteiger partial charge in [0.25, 0.3) is 0 Å². The number of alkyl halides is 3. The minimum atomic E-state index is -4.30. The van der Waals surface area contributed by atoms with Gasteiger partial charge in [0.15, 0.2) is 0 Å². The molecule has 2 N–H and O–H groups in total. The van der Waals surface area contributed by atoms with Gasteiger partial charge in [-0.2, -0.15) is 24.5 Å². The summed E-state index contributed by atoms with van der Waals surface area (Å²) in [4.78, 5) is 0. The maximum absolute atomic E-state index is 12.5. The van der Waals surface area contributed by atoms with Crippen LogP contribution >= 0.6 is 11.3 Å². The van der Waals surface area contributed by atoms with Crippen LogP contribution in [0, 0.1) is 0 Å². The van der Waals surface area contributed by atoms with Crippen LogP contribution in [0.2, 0.25) is 0 Å². The van der Waals surface area contributed by atoms with Crippen molar-refractivity contribution in [3.8, 4) is 0 Å². The first-order valence-corrected chi connectivity index (χ1v) is 6.35. The molecule has 1 unspecified atom stereocenters. The first-order chi connectivity index (χ1) is 8.47. The quantitative estimate of drug-likeness (QED) is 0.896. The molecule has 0 radical (unpaired) electrons. The number of halogens is 3. The van der Waals surface area contributed by atoms with Gasteiger partial charge in [-0.25, -0.2) is 0 Å². The predicted molar refractivity (Wildman–Crippen MR) is 66.4 cm³/mol. The standard InChI is InChI=1S/C13H12F3NS/c14-13(15,16)11-3-1-2-9(6-11)7-12(17)10-4-5-18-8-10/h1-6,8,12H,7,17H2. The molecule has 2 aromatic rings. The highest BCUT2D eigenvalue weighted by Gasteiger charge is 2.30. The molecule has 0 saturated heterocycles. The van der Waals surface area contributed by atoms with E-state index in [9.17, 15) is 13.2 Å². The average Bonchev–Trinajstić information content (AvgIpc) is 2.81. The summed E-state index contributed by atoms with van der Waals surface area (Å²) in [5.74, 6) is 0. The van der Waals surface area contributed by atoms with E-state index in [-0.39, 0.29) is 6.04 Å². The van der Waals surface area contributed by atoms with Crippen LogP contribution in [0.3, 0.4) is 0 Å². The SMILES string of the molecule is NC(Cc1cccc(C(F)(F)F)c1)c1ccsc1. The van der Waals surface area contributed by atoms with Crippen molar-refractivity contribution in [3.05, 3.63) is 57.8 Å². The zero-order valence-electron chi connectivity index (χ0n) is 9.45. The lowest BCUT2D eigenvalue weighted by Crippen LogP contribution is -2.13. The summed E-state index contributed by atoms with van der Waals surface area (Å²) in [7, 11) is 0. The van der Waals surface area contributed by atoms with Gasteiger partial charge in [0.2, 0.25) is 0 Å². The molecule has 0 bridgehead atoms. The molecule has 18 heavy (non-hydrogen) atoms. The molecule has 0 amide bonds. The van der Waals surface area contributed by atoms with E-state index in [0.717, 1.165) is 17.7 Å². The van der Waals surface area contributed by atoms with E-state index in [4.69, 9.17) is 5.73 Å². The lowest BCUT2D eigenvalue weighted by Gasteiger charge is -2.12. The number of benzene rings is 1. The zero-order chi connectivity index (χ0) is 13.2. The van der Waals surface area contributed by atoms with Crippen molar-refractivity contribution in [1.29, 1.82) is 0 Å². The molecule has 0 aliphatic carbocycles. The summed E-state index contributed by atoms with van der Waals surface area (Å²) in [6.45, 7) is 0. The van der Waals surface area contributed by atoms with E-state index in [1.807, 2.05) is 16.8 Å². The van der Waals surface area contributed by atoms with Crippen LogP contribution < -0.4 is 5.73 Å². The number of hydrogen-bond donors (Lipinski definition) is 1. The number of thiophene rings is 1. The number of nitrogens with two attached hydrogens (primary N) is 1. The van der Waals surface area contributed by atoms with Crippen molar-refractivity contribution in [1.82, 2.24) is 0 Å². The Balaban J connectivity index is 2.15. The van der Waals surface area contributed by atoms with Crippen molar-refractivity contribution in [2.45, 2.75) is 18.6 Å². The Hall–Kier alpha value is -1.33. The van der Waals surface area contributed by atoms with Crippen LogP contribution in [-0.4, -0.2) is 0 Å². The first kappa shape index (κ1) is 13.1. The highest BCUT2D eigenvalue weighted by Crippen LogP contribution is 2.30. The van der Waals surface area contributed by atoms with E-state index in [0.29, 0.717) is 12.0 Å². The predicted octanol–water partition coefficient (Wildman–Crippen LogP) is 4.01. The summed E-state index contributed by atoms with van der Waals surface area (Å²) in [6, 6.07) is 6.94. The molecule has 1 heterocycles. The summed E-state index contributed by atoms with van der Waals surface area (Å²) in [5, 5.41) is 3.82. The van der Waals surface area contributed by atoms with E-state index >= 15 is 0 Å². The maximum Gasteiger partial charge on any atom is 0.416 e. The van der Waals surface area contributed by atoms with Crippen molar-refractivity contribution in [2.24, 2.45) is 5.73 Å². The lowest BCUT2D eigenvalue weighted by atomic mass is 10.0. The summed E-state index contributed by atoms with van der Waals surface area (Å²) >= 11 is 1.53. The Morgan fingerprint density at radius 1 is 1.22 bits per heavy atom. The van der Waals surface area contributed by atoms with Gasteiger partial charge < -0.3 is 5.73 Å². The van der Waals surface area contributed by atoms with E-state index in [1.54, 1.807) is 6.07 Å². The third kappa shape index (κ3) is 3.11. The summed E-state index contributed by atoms with van der Waals surface area (Å²) in [5.41, 5.74) is 6.89. The molecular weight excluding hydrogens is 259 g/mol. The monoisotopic (exact) mass is 271 g/mol. The molecule has 0 saturated carbocycles. The summed E-state index contributed by atoms with van der Waals surface area (Å²) < 4.78 is 37.6. The summed E-state index contributed by atoms with van der Waals surface area (Å²) in [6.07, 6.45) is -3.90. The number of hydrogen-bond acceptors (Lipinski definition) is 2. The fourth-order valence-electron chi connectivity index (χ4n) is 1.73. The van der Waals surface area contributed by atoms with E-state index < -0.39 is 11.7 Å². The van der Waals surface area contributed by atoms with Crippen LogP contribution in [0.1, 0.15) is 22.7 Å². The fraction of sp³-hybridized carbons (Fsp3) is 0.231. The van der Waals surface area contributed by atoms with Crippen LogP contribution in [0.25, 0.3) is 0 Å². The minimum Gasteiger partial charge on any atom is -0.324 e. The largest absolute Gasteiger partial charge is 0.416 e. The second kappa shape index (κ2) is 5.12. The Kier molecular flexibility index (Phi) is 3.73. The molecule has 5 heteroatoms. The van der Waals surface area contributed by atoms with Gasteiger partial charge in [-0.15, -0.1) is 0 Å². The van der Waals surface area contributed by atoms with Gasteiger partial charge in [0.05, 0.1) is 5.56 Å². The molecular formula is C13H12F3NS. The van der Waals surface area contributed by atoms with Gasteiger partial charge >= 0.3 is 6.18 Å². The smallest absolute Gasteiger partial charge is 0.324 e. The fourth-order valence-corrected chi connectivity index (χ4v) is 2.46.